The van der Waals surface area contributed by atoms with Crippen molar-refractivity contribution in [3.05, 3.63) is 41.3 Å². The molecule has 2 heterocycles. The Balaban J connectivity index is 1.54. The molecular formula is C19H22ClFN2O. The van der Waals surface area contributed by atoms with E-state index in [9.17, 15) is 5.11 Å². The average molecular weight is 349 g/mol. The molecule has 3 nitrogen and oxygen atoms in total. The summed E-state index contributed by atoms with van der Waals surface area (Å²) in [5.41, 5.74) is 2.16. The molecule has 1 aliphatic carbocycles. The molecule has 4 rings (SSSR count). The minimum Gasteiger partial charge on any atom is -0.396 e. The number of halogens is 2. The van der Waals surface area contributed by atoms with Gasteiger partial charge in [-0.2, -0.15) is 0 Å². The molecule has 1 aromatic carbocycles. The van der Waals surface area contributed by atoms with Crippen LogP contribution in [0, 0.1) is 5.92 Å². The van der Waals surface area contributed by atoms with Crippen LogP contribution in [0.2, 0.25) is 5.02 Å². The van der Waals surface area contributed by atoms with Crippen molar-refractivity contribution in [3.63, 3.8) is 0 Å². The summed E-state index contributed by atoms with van der Waals surface area (Å²) < 4.78 is 17.3. The molecule has 1 aromatic heterocycles. The summed E-state index contributed by atoms with van der Waals surface area (Å²) in [6.45, 7) is 0.181. The summed E-state index contributed by atoms with van der Waals surface area (Å²) in [5.74, 6) is 0.274. The molecule has 2 aromatic rings. The number of nitrogens with zero attached hydrogens (tertiary/aromatic N) is 2. The number of aromatic nitrogens is 2. The van der Waals surface area contributed by atoms with Gasteiger partial charge in [-0.3, -0.25) is 0 Å². The SMILES string of the molecule is OCC1CCC(F)(CC[C@H]2c3c(Cl)cccc3-c3cncn32)CC1. The van der Waals surface area contributed by atoms with E-state index in [4.69, 9.17) is 11.6 Å². The van der Waals surface area contributed by atoms with E-state index in [0.717, 1.165) is 41.1 Å². The molecule has 1 saturated carbocycles. The lowest BCUT2D eigenvalue weighted by Crippen LogP contribution is -2.31. The van der Waals surface area contributed by atoms with Gasteiger partial charge in [-0.1, -0.05) is 23.7 Å². The van der Waals surface area contributed by atoms with Crippen LogP contribution in [0.1, 0.15) is 50.1 Å². The third-order valence-electron chi connectivity index (χ3n) is 5.79. The first-order valence-electron chi connectivity index (χ1n) is 8.72. The van der Waals surface area contributed by atoms with Gasteiger partial charge in [0.15, 0.2) is 0 Å². The number of hydrogen-bond donors (Lipinski definition) is 1. The van der Waals surface area contributed by atoms with E-state index in [0.29, 0.717) is 19.3 Å². The van der Waals surface area contributed by atoms with E-state index in [1.165, 1.54) is 0 Å². The van der Waals surface area contributed by atoms with Gasteiger partial charge < -0.3 is 9.67 Å². The van der Waals surface area contributed by atoms with Crippen molar-refractivity contribution < 1.29 is 9.50 Å². The highest BCUT2D eigenvalue weighted by atomic mass is 35.5. The highest BCUT2D eigenvalue weighted by molar-refractivity contribution is 6.32. The summed E-state index contributed by atoms with van der Waals surface area (Å²) in [4.78, 5) is 4.25. The zero-order valence-electron chi connectivity index (χ0n) is 13.6. The smallest absolute Gasteiger partial charge is 0.111 e. The molecule has 0 unspecified atom stereocenters. The zero-order valence-corrected chi connectivity index (χ0v) is 14.3. The monoisotopic (exact) mass is 348 g/mol. The van der Waals surface area contributed by atoms with Crippen molar-refractivity contribution in [3.8, 4) is 11.3 Å². The second-order valence-corrected chi connectivity index (χ2v) is 7.63. The van der Waals surface area contributed by atoms with Gasteiger partial charge in [0.05, 0.1) is 24.3 Å². The first-order valence-corrected chi connectivity index (χ1v) is 9.09. The number of aliphatic hydroxyl groups excluding tert-OH is 1. The molecule has 0 saturated heterocycles. The Labute approximate surface area is 146 Å². The van der Waals surface area contributed by atoms with Crippen molar-refractivity contribution in [2.24, 2.45) is 5.92 Å². The van der Waals surface area contributed by atoms with Gasteiger partial charge in [0, 0.05) is 22.8 Å². The average Bonchev–Trinajstić information content (AvgIpc) is 3.16. The Morgan fingerprint density at radius 3 is 2.88 bits per heavy atom. The van der Waals surface area contributed by atoms with Crippen LogP contribution in [-0.4, -0.2) is 26.9 Å². The van der Waals surface area contributed by atoms with Gasteiger partial charge in [-0.05, 0) is 50.5 Å². The number of alkyl halides is 1. The van der Waals surface area contributed by atoms with Crippen molar-refractivity contribution in [1.29, 1.82) is 0 Å². The third-order valence-corrected chi connectivity index (χ3v) is 6.12. The molecule has 2 aliphatic rings. The van der Waals surface area contributed by atoms with Crippen molar-refractivity contribution in [1.82, 2.24) is 9.55 Å². The minimum absolute atomic E-state index is 0.0643. The fraction of sp³-hybridized carbons (Fsp3) is 0.526. The molecule has 0 bridgehead atoms. The van der Waals surface area contributed by atoms with Crippen LogP contribution >= 0.6 is 11.6 Å². The summed E-state index contributed by atoms with van der Waals surface area (Å²) >= 11 is 6.45. The Morgan fingerprint density at radius 2 is 2.12 bits per heavy atom. The van der Waals surface area contributed by atoms with Crippen LogP contribution in [0.3, 0.4) is 0 Å². The first kappa shape index (κ1) is 16.1. The molecule has 1 aliphatic heterocycles. The van der Waals surface area contributed by atoms with Gasteiger partial charge in [0.25, 0.3) is 0 Å². The largest absolute Gasteiger partial charge is 0.396 e. The summed E-state index contributed by atoms with van der Waals surface area (Å²) in [5, 5.41) is 9.99. The Hall–Kier alpha value is -1.39. The summed E-state index contributed by atoms with van der Waals surface area (Å²) in [6, 6.07) is 5.99. The number of imidazole rings is 1. The van der Waals surface area contributed by atoms with Gasteiger partial charge >= 0.3 is 0 Å². The maximum atomic E-state index is 15.2. The maximum absolute atomic E-state index is 15.2. The van der Waals surface area contributed by atoms with E-state index in [1.54, 1.807) is 0 Å². The van der Waals surface area contributed by atoms with E-state index in [1.807, 2.05) is 24.7 Å². The molecule has 5 heteroatoms. The maximum Gasteiger partial charge on any atom is 0.111 e. The normalized spacial score (nSPS) is 28.6. The predicted octanol–water partition coefficient (Wildman–Crippen LogP) is 4.78. The fourth-order valence-corrected chi connectivity index (χ4v) is 4.61. The lowest BCUT2D eigenvalue weighted by atomic mass is 9.77. The number of hydrogen-bond acceptors (Lipinski definition) is 2. The number of rotatable bonds is 4. The molecule has 128 valence electrons. The van der Waals surface area contributed by atoms with Gasteiger partial charge in [-0.15, -0.1) is 0 Å². The van der Waals surface area contributed by atoms with Crippen molar-refractivity contribution in [2.45, 2.75) is 50.2 Å². The van der Waals surface area contributed by atoms with Crippen molar-refractivity contribution in [2.75, 3.05) is 6.61 Å². The van der Waals surface area contributed by atoms with Gasteiger partial charge in [-0.25, -0.2) is 9.37 Å². The summed E-state index contributed by atoms with van der Waals surface area (Å²) in [6.07, 6.45) is 7.60. The van der Waals surface area contributed by atoms with E-state index in [2.05, 4.69) is 15.6 Å². The highest BCUT2D eigenvalue weighted by Gasteiger charge is 2.37. The van der Waals surface area contributed by atoms with Crippen LogP contribution in [0.15, 0.2) is 30.7 Å². The fourth-order valence-electron chi connectivity index (χ4n) is 4.31. The molecule has 1 fully saturated rings. The van der Waals surface area contributed by atoms with Crippen LogP contribution < -0.4 is 0 Å². The first-order chi connectivity index (χ1) is 11.6. The number of benzene rings is 1. The molecule has 1 N–H and O–H groups in total. The third kappa shape index (κ3) is 2.66. The second kappa shape index (κ2) is 6.16. The lowest BCUT2D eigenvalue weighted by Gasteiger charge is -2.34. The van der Waals surface area contributed by atoms with E-state index in [-0.39, 0.29) is 18.6 Å². The highest BCUT2D eigenvalue weighted by Crippen LogP contribution is 2.47. The predicted molar refractivity (Wildman–Crippen MR) is 92.9 cm³/mol. The summed E-state index contributed by atoms with van der Waals surface area (Å²) in [7, 11) is 0. The number of fused-ring (bicyclic) bond motifs is 3. The standard InChI is InChI=1S/C19H22ClFN2O/c20-15-3-1-2-14-17-10-22-12-23(17)16(18(14)15)6-9-19(21)7-4-13(11-24)5-8-19/h1-3,10,12-13,16,24H,4-9,11H2/t13?,16-,19?/m0/s1. The van der Waals surface area contributed by atoms with Crippen LogP contribution in [0.25, 0.3) is 11.3 Å². The van der Waals surface area contributed by atoms with Crippen molar-refractivity contribution >= 4 is 11.6 Å². The van der Waals surface area contributed by atoms with E-state index < -0.39 is 5.67 Å². The molecular weight excluding hydrogens is 327 g/mol. The Bertz CT molecular complexity index is 737. The topological polar surface area (TPSA) is 38.1 Å². The quantitative estimate of drug-likeness (QED) is 0.863. The molecule has 1 atom stereocenters. The van der Waals surface area contributed by atoms with Crippen LogP contribution in [0.5, 0.6) is 0 Å². The molecule has 0 radical (unpaired) electrons. The van der Waals surface area contributed by atoms with Gasteiger partial charge in [0.2, 0.25) is 0 Å². The van der Waals surface area contributed by atoms with E-state index >= 15 is 4.39 Å². The van der Waals surface area contributed by atoms with Gasteiger partial charge in [0.1, 0.15) is 5.67 Å². The van der Waals surface area contributed by atoms with Crippen LogP contribution in [0.4, 0.5) is 4.39 Å². The molecule has 0 amide bonds. The molecule has 24 heavy (non-hydrogen) atoms. The minimum atomic E-state index is -1.11. The Morgan fingerprint density at radius 1 is 1.33 bits per heavy atom. The second-order valence-electron chi connectivity index (χ2n) is 7.22. The Kier molecular flexibility index (Phi) is 4.13. The molecule has 0 spiro atoms. The number of aliphatic hydroxyl groups is 1. The lowest BCUT2D eigenvalue weighted by molar-refractivity contribution is 0.0530. The van der Waals surface area contributed by atoms with Crippen LogP contribution in [-0.2, 0) is 0 Å². The zero-order chi connectivity index (χ0) is 16.7.